The summed E-state index contributed by atoms with van der Waals surface area (Å²) in [7, 11) is 0. The second kappa shape index (κ2) is 7.48. The summed E-state index contributed by atoms with van der Waals surface area (Å²) in [6, 6.07) is 7.29. The van der Waals surface area contributed by atoms with E-state index in [1.807, 2.05) is 0 Å². The van der Waals surface area contributed by atoms with E-state index in [9.17, 15) is 29.8 Å². The van der Waals surface area contributed by atoms with Gasteiger partial charge in [-0.15, -0.1) is 0 Å². The van der Waals surface area contributed by atoms with Crippen molar-refractivity contribution >= 4 is 65.8 Å². The Morgan fingerprint density at radius 1 is 1.04 bits per heavy atom. The van der Waals surface area contributed by atoms with Gasteiger partial charge in [-0.25, -0.2) is 4.79 Å². The number of nitrogens with one attached hydrogen (secondary N) is 1. The van der Waals surface area contributed by atoms with E-state index in [-0.39, 0.29) is 16.8 Å². The molecule has 1 amide bonds. The quantitative estimate of drug-likeness (QED) is 0.310. The van der Waals surface area contributed by atoms with Crippen LogP contribution in [0.4, 0.5) is 17.1 Å². The number of nitro benzene ring substituents is 2. The van der Waals surface area contributed by atoms with Crippen LogP contribution >= 0.6 is 31.9 Å². The molecule has 0 saturated carbocycles. The molecule has 10 nitrogen and oxygen atoms in total. The molecule has 0 unspecified atom stereocenters. The fourth-order valence-corrected chi connectivity index (χ4v) is 3.73. The molecule has 0 bridgehead atoms. The van der Waals surface area contributed by atoms with Crippen LogP contribution in [0.25, 0.3) is 11.0 Å². The van der Waals surface area contributed by atoms with Gasteiger partial charge in [-0.1, -0.05) is 15.9 Å². The summed E-state index contributed by atoms with van der Waals surface area (Å²) in [4.78, 5) is 45.0. The Bertz CT molecular complexity index is 1220. The second-order valence-electron chi connectivity index (χ2n) is 5.42. The number of non-ortho nitro benzene ring substituents is 1. The van der Waals surface area contributed by atoms with Crippen LogP contribution in [-0.4, -0.2) is 15.8 Å². The van der Waals surface area contributed by atoms with Crippen molar-refractivity contribution in [2.75, 3.05) is 5.32 Å². The minimum absolute atomic E-state index is 0.228. The minimum atomic E-state index is -0.955. The zero-order valence-electron chi connectivity index (χ0n) is 13.5. The molecule has 2 aromatic carbocycles. The van der Waals surface area contributed by atoms with Crippen molar-refractivity contribution in [1.29, 1.82) is 0 Å². The molecule has 0 spiro atoms. The van der Waals surface area contributed by atoms with Crippen LogP contribution in [0.1, 0.15) is 10.4 Å². The molecule has 3 aromatic rings. The lowest BCUT2D eigenvalue weighted by Gasteiger charge is -2.07. The number of nitrogens with zero attached hydrogens (tertiary/aromatic N) is 2. The van der Waals surface area contributed by atoms with Crippen molar-refractivity contribution < 1.29 is 19.1 Å². The number of nitro groups is 2. The Balaban J connectivity index is 2.04. The molecule has 0 fully saturated rings. The third-order valence-electron chi connectivity index (χ3n) is 3.63. The van der Waals surface area contributed by atoms with E-state index >= 15 is 0 Å². The number of carbonyl (C=O) groups excluding carboxylic acids is 1. The summed E-state index contributed by atoms with van der Waals surface area (Å²) in [6.07, 6.45) is 0. The van der Waals surface area contributed by atoms with E-state index in [0.717, 1.165) is 12.1 Å². The highest BCUT2D eigenvalue weighted by Crippen LogP contribution is 2.30. The van der Waals surface area contributed by atoms with Crippen molar-refractivity contribution in [3.05, 3.63) is 81.6 Å². The van der Waals surface area contributed by atoms with Crippen molar-refractivity contribution in [3.8, 4) is 0 Å². The van der Waals surface area contributed by atoms with Crippen LogP contribution in [0, 0.1) is 20.2 Å². The maximum absolute atomic E-state index is 12.5. The Hall–Kier alpha value is -3.12. The van der Waals surface area contributed by atoms with Gasteiger partial charge in [0.05, 0.1) is 20.4 Å². The molecule has 142 valence electrons. The van der Waals surface area contributed by atoms with Gasteiger partial charge < -0.3 is 9.73 Å². The molecule has 1 heterocycles. The predicted octanol–water partition coefficient (Wildman–Crippen LogP) is 4.39. The average molecular weight is 513 g/mol. The Morgan fingerprint density at radius 2 is 1.75 bits per heavy atom. The number of anilines is 1. The van der Waals surface area contributed by atoms with Crippen LogP contribution in [0.2, 0.25) is 0 Å². The zero-order chi connectivity index (χ0) is 20.6. The van der Waals surface area contributed by atoms with Gasteiger partial charge in [0.1, 0.15) is 11.3 Å². The number of carbonyl (C=O) groups is 1. The van der Waals surface area contributed by atoms with Gasteiger partial charge in [0.15, 0.2) is 5.58 Å². The molecule has 0 aliphatic rings. The van der Waals surface area contributed by atoms with Gasteiger partial charge in [-0.3, -0.25) is 25.0 Å². The van der Waals surface area contributed by atoms with E-state index < -0.39 is 32.8 Å². The van der Waals surface area contributed by atoms with Crippen molar-refractivity contribution in [3.63, 3.8) is 0 Å². The Labute approximate surface area is 171 Å². The largest absolute Gasteiger partial charge is 0.421 e. The van der Waals surface area contributed by atoms with E-state index in [0.29, 0.717) is 20.4 Å². The lowest BCUT2D eigenvalue weighted by atomic mass is 10.1. The molecular formula is C16H7Br2N3O7. The van der Waals surface area contributed by atoms with Gasteiger partial charge >= 0.3 is 5.63 Å². The number of fused-ring (bicyclic) bond motifs is 1. The summed E-state index contributed by atoms with van der Waals surface area (Å²) >= 11 is 6.53. The molecule has 0 radical (unpaired) electrons. The maximum Gasteiger partial charge on any atom is 0.349 e. The summed E-state index contributed by atoms with van der Waals surface area (Å²) in [5, 5.41) is 24.6. The minimum Gasteiger partial charge on any atom is -0.421 e. The first-order chi connectivity index (χ1) is 13.2. The highest BCUT2D eigenvalue weighted by Gasteiger charge is 2.23. The normalized spacial score (nSPS) is 10.6. The highest BCUT2D eigenvalue weighted by atomic mass is 79.9. The zero-order valence-corrected chi connectivity index (χ0v) is 16.6. The SMILES string of the molecule is O=C(Nc1ccc([N+](=O)[O-])cc1[N+](=O)[O-])c1cc2cc(Br)cc(Br)c2oc1=O. The third kappa shape index (κ3) is 3.77. The third-order valence-corrected chi connectivity index (χ3v) is 4.68. The summed E-state index contributed by atoms with van der Waals surface area (Å²) in [6.45, 7) is 0. The average Bonchev–Trinajstić information content (AvgIpc) is 2.61. The number of halogens is 2. The second-order valence-corrected chi connectivity index (χ2v) is 7.19. The van der Waals surface area contributed by atoms with Crippen LogP contribution < -0.4 is 10.9 Å². The van der Waals surface area contributed by atoms with Gasteiger partial charge in [-0.2, -0.15) is 0 Å². The number of benzene rings is 2. The van der Waals surface area contributed by atoms with E-state index in [1.165, 1.54) is 6.07 Å². The summed E-state index contributed by atoms with van der Waals surface area (Å²) < 4.78 is 6.32. The molecule has 1 N–H and O–H groups in total. The topological polar surface area (TPSA) is 146 Å². The van der Waals surface area contributed by atoms with Gasteiger partial charge in [0.25, 0.3) is 17.3 Å². The van der Waals surface area contributed by atoms with Gasteiger partial charge in [-0.05, 0) is 40.2 Å². The number of hydrogen-bond donors (Lipinski definition) is 1. The first kappa shape index (κ1) is 19.6. The van der Waals surface area contributed by atoms with Crippen LogP contribution in [0.15, 0.2) is 54.6 Å². The summed E-state index contributed by atoms with van der Waals surface area (Å²) in [5.41, 5.74) is -2.59. The molecule has 0 saturated heterocycles. The lowest BCUT2D eigenvalue weighted by molar-refractivity contribution is -0.393. The molecular weight excluding hydrogens is 506 g/mol. The fraction of sp³-hybridized carbons (Fsp3) is 0. The molecule has 3 rings (SSSR count). The van der Waals surface area contributed by atoms with Crippen molar-refractivity contribution in [2.45, 2.75) is 0 Å². The molecule has 12 heteroatoms. The van der Waals surface area contributed by atoms with Gasteiger partial charge in [0, 0.05) is 15.9 Å². The Morgan fingerprint density at radius 3 is 2.39 bits per heavy atom. The lowest BCUT2D eigenvalue weighted by Crippen LogP contribution is -2.21. The summed E-state index contributed by atoms with van der Waals surface area (Å²) in [5.74, 6) is -0.955. The standard InChI is InChI=1S/C16H7Br2N3O7/c17-8-3-7-4-10(16(23)28-14(7)11(18)5-8)15(22)19-12-2-1-9(20(24)25)6-13(12)21(26)27/h1-6H,(H,19,22). The van der Waals surface area contributed by atoms with Gasteiger partial charge in [0.2, 0.25) is 0 Å². The molecule has 0 aliphatic heterocycles. The molecule has 1 aromatic heterocycles. The van der Waals surface area contributed by atoms with Crippen molar-refractivity contribution in [2.24, 2.45) is 0 Å². The number of rotatable bonds is 4. The molecule has 28 heavy (non-hydrogen) atoms. The van der Waals surface area contributed by atoms with E-state index in [1.54, 1.807) is 12.1 Å². The molecule has 0 aliphatic carbocycles. The van der Waals surface area contributed by atoms with Crippen LogP contribution in [0.3, 0.4) is 0 Å². The maximum atomic E-state index is 12.5. The van der Waals surface area contributed by atoms with Crippen LogP contribution in [0.5, 0.6) is 0 Å². The smallest absolute Gasteiger partial charge is 0.349 e. The van der Waals surface area contributed by atoms with Crippen LogP contribution in [-0.2, 0) is 0 Å². The van der Waals surface area contributed by atoms with E-state index in [2.05, 4.69) is 37.2 Å². The fourth-order valence-electron chi connectivity index (χ4n) is 2.40. The first-order valence-corrected chi connectivity index (χ1v) is 8.93. The molecule has 0 atom stereocenters. The first-order valence-electron chi connectivity index (χ1n) is 7.34. The number of hydrogen-bond acceptors (Lipinski definition) is 7. The number of amides is 1. The monoisotopic (exact) mass is 511 g/mol. The van der Waals surface area contributed by atoms with Crippen molar-refractivity contribution in [1.82, 2.24) is 0 Å². The highest BCUT2D eigenvalue weighted by molar-refractivity contribution is 9.11. The van der Waals surface area contributed by atoms with E-state index in [4.69, 9.17) is 4.42 Å². The Kier molecular flexibility index (Phi) is 5.25. The predicted molar refractivity (Wildman–Crippen MR) is 106 cm³/mol.